The average molecular weight is 570 g/mol. The van der Waals surface area contributed by atoms with E-state index in [1.165, 1.54) is 28.7 Å². The predicted molar refractivity (Wildman–Crippen MR) is 152 cm³/mol. The number of aromatic amines is 1. The lowest BCUT2D eigenvalue weighted by molar-refractivity contribution is -0.123. The summed E-state index contributed by atoms with van der Waals surface area (Å²) in [6.07, 6.45) is 5.98. The largest absolute Gasteiger partial charge is 0.453 e. The maximum atomic E-state index is 14.5. The molecule has 3 heterocycles. The molecule has 3 rings (SSSR count). The molecule has 0 bridgehead atoms. The number of alkyl carbamates (subject to hydrolysis) is 1. The number of carbonyl (C=O) groups is 3. The molecule has 12 nitrogen and oxygen atoms in total. The van der Waals surface area contributed by atoms with E-state index in [9.17, 15) is 23.6 Å². The van der Waals surface area contributed by atoms with Crippen molar-refractivity contribution in [1.82, 2.24) is 29.7 Å². The summed E-state index contributed by atoms with van der Waals surface area (Å²) in [7, 11) is 4.40. The number of hydrogen-bond acceptors (Lipinski definition) is 7. The number of halogens is 1. The lowest BCUT2D eigenvalue weighted by Gasteiger charge is -2.18. The van der Waals surface area contributed by atoms with Gasteiger partial charge in [-0.2, -0.15) is 0 Å². The van der Waals surface area contributed by atoms with E-state index >= 15 is 0 Å². The number of pyridine rings is 2. The van der Waals surface area contributed by atoms with E-state index in [-0.39, 0.29) is 30.1 Å². The number of aromatic nitrogens is 4. The zero-order chi connectivity index (χ0) is 30.3. The number of aryl methyl sites for hydroxylation is 1. The summed E-state index contributed by atoms with van der Waals surface area (Å²) in [5, 5.41) is 5.06. The molecule has 1 unspecified atom stereocenters. The van der Waals surface area contributed by atoms with Crippen LogP contribution in [0.4, 0.5) is 14.9 Å². The van der Waals surface area contributed by atoms with Crippen LogP contribution < -0.4 is 16.2 Å². The van der Waals surface area contributed by atoms with Crippen LogP contribution in [0.3, 0.4) is 0 Å². The predicted octanol–water partition coefficient (Wildman–Crippen LogP) is 2.90. The van der Waals surface area contributed by atoms with E-state index in [0.29, 0.717) is 41.4 Å². The number of ether oxygens (including phenoxy) is 1. The highest BCUT2D eigenvalue weighted by molar-refractivity contribution is 5.96. The van der Waals surface area contributed by atoms with Crippen LogP contribution in [-0.2, 0) is 27.3 Å². The van der Waals surface area contributed by atoms with E-state index in [1.54, 1.807) is 33.3 Å². The van der Waals surface area contributed by atoms with Gasteiger partial charge in [-0.1, -0.05) is 19.9 Å². The van der Waals surface area contributed by atoms with Gasteiger partial charge in [-0.25, -0.2) is 14.2 Å². The lowest BCUT2D eigenvalue weighted by atomic mass is 10.1. The fourth-order valence-electron chi connectivity index (χ4n) is 4.12. The minimum atomic E-state index is -1.04. The Morgan fingerprint density at radius 2 is 2.00 bits per heavy atom. The van der Waals surface area contributed by atoms with Crippen molar-refractivity contribution < 1.29 is 23.5 Å². The molecule has 3 aromatic rings. The Bertz CT molecular complexity index is 1510. The molecule has 0 aliphatic heterocycles. The monoisotopic (exact) mass is 569 g/mol. The Kier molecular flexibility index (Phi) is 10.3. The van der Waals surface area contributed by atoms with Gasteiger partial charge in [0.1, 0.15) is 23.1 Å². The Labute approximate surface area is 237 Å². The number of imidazole rings is 1. The molecular formula is C28H36FN7O5. The Balaban J connectivity index is 1.83. The highest BCUT2D eigenvalue weighted by Gasteiger charge is 2.22. The third-order valence-electron chi connectivity index (χ3n) is 6.12. The highest BCUT2D eigenvalue weighted by atomic mass is 19.1. The van der Waals surface area contributed by atoms with Gasteiger partial charge in [0.05, 0.1) is 31.1 Å². The summed E-state index contributed by atoms with van der Waals surface area (Å²) in [5.41, 5.74) is 1.48. The van der Waals surface area contributed by atoms with Gasteiger partial charge < -0.3 is 29.8 Å². The molecule has 3 aromatic heterocycles. The number of anilines is 1. The first kappa shape index (κ1) is 31.0. The lowest BCUT2D eigenvalue weighted by Crippen LogP contribution is -2.44. The third-order valence-corrected chi connectivity index (χ3v) is 6.12. The van der Waals surface area contributed by atoms with Gasteiger partial charge in [0.15, 0.2) is 5.82 Å². The zero-order valence-electron chi connectivity index (χ0n) is 24.1. The van der Waals surface area contributed by atoms with Gasteiger partial charge in [-0.15, -0.1) is 0 Å². The first-order valence-electron chi connectivity index (χ1n) is 13.2. The van der Waals surface area contributed by atoms with Gasteiger partial charge in [0.25, 0.3) is 5.56 Å². The van der Waals surface area contributed by atoms with E-state index in [2.05, 4.69) is 30.3 Å². The Morgan fingerprint density at radius 3 is 2.66 bits per heavy atom. The van der Waals surface area contributed by atoms with Crippen LogP contribution in [0.25, 0.3) is 11.0 Å². The SMILES string of the molecule is COC(=O)NC(CC/C=C/C(=O)N(C)C)C(=O)Nc1cc(C)cn(Cc2nc3c(F)cnc(CC(C)C)c3[nH]2)c1=O. The van der Waals surface area contributed by atoms with Crippen LogP contribution in [0.2, 0.25) is 0 Å². The van der Waals surface area contributed by atoms with Gasteiger partial charge in [-0.05, 0) is 49.8 Å². The number of carbonyl (C=O) groups excluding carboxylic acids is 3. The molecule has 0 saturated carbocycles. The number of nitrogens with zero attached hydrogens (tertiary/aromatic N) is 4. The van der Waals surface area contributed by atoms with Crippen LogP contribution in [0, 0.1) is 18.7 Å². The third kappa shape index (κ3) is 8.22. The second-order valence-corrected chi connectivity index (χ2v) is 10.3. The number of likely N-dealkylation sites (N-methyl/N-ethyl adjacent to an activating group) is 1. The van der Waals surface area contributed by atoms with E-state index < -0.39 is 29.4 Å². The van der Waals surface area contributed by atoms with Crippen LogP contribution in [-0.4, -0.2) is 69.6 Å². The van der Waals surface area contributed by atoms with Crippen molar-refractivity contribution >= 4 is 34.6 Å². The summed E-state index contributed by atoms with van der Waals surface area (Å²) < 4.78 is 20.4. The molecule has 3 amide bonds. The molecule has 3 N–H and O–H groups in total. The summed E-state index contributed by atoms with van der Waals surface area (Å²) in [5.74, 6) is -0.766. The van der Waals surface area contributed by atoms with E-state index in [0.717, 1.165) is 6.20 Å². The normalized spacial score (nSPS) is 12.1. The maximum Gasteiger partial charge on any atom is 0.407 e. The number of rotatable bonds is 11. The smallest absolute Gasteiger partial charge is 0.407 e. The van der Waals surface area contributed by atoms with E-state index in [4.69, 9.17) is 0 Å². The number of nitrogens with one attached hydrogen (secondary N) is 3. The highest BCUT2D eigenvalue weighted by Crippen LogP contribution is 2.21. The first-order valence-corrected chi connectivity index (χ1v) is 13.2. The number of H-pyrrole nitrogens is 1. The number of methoxy groups -OCH3 is 1. The van der Waals surface area contributed by atoms with E-state index in [1.807, 2.05) is 13.8 Å². The van der Waals surface area contributed by atoms with Gasteiger partial charge in [0, 0.05) is 20.3 Å². The van der Waals surface area contributed by atoms with Crippen LogP contribution in [0.5, 0.6) is 0 Å². The van der Waals surface area contributed by atoms with Crippen molar-refractivity contribution in [3.63, 3.8) is 0 Å². The van der Waals surface area contributed by atoms with Gasteiger partial charge in [0.2, 0.25) is 11.8 Å². The Hall–Kier alpha value is -4.55. The number of hydrogen-bond donors (Lipinski definition) is 3. The quantitative estimate of drug-likeness (QED) is 0.300. The van der Waals surface area contributed by atoms with Crippen molar-refractivity contribution in [2.75, 3.05) is 26.5 Å². The van der Waals surface area contributed by atoms with Crippen LogP contribution in [0.15, 0.2) is 35.4 Å². The van der Waals surface area contributed by atoms with Crippen molar-refractivity contribution in [2.45, 2.75) is 52.6 Å². The molecule has 0 spiro atoms. The van der Waals surface area contributed by atoms with Crippen molar-refractivity contribution in [3.8, 4) is 0 Å². The maximum absolute atomic E-state index is 14.5. The summed E-state index contributed by atoms with van der Waals surface area (Å²) in [4.78, 5) is 63.1. The van der Waals surface area contributed by atoms with Crippen LogP contribution >= 0.6 is 0 Å². The minimum absolute atomic E-state index is 0.00514. The minimum Gasteiger partial charge on any atom is -0.453 e. The average Bonchev–Trinajstić information content (AvgIpc) is 3.34. The Morgan fingerprint density at radius 1 is 1.27 bits per heavy atom. The van der Waals surface area contributed by atoms with Gasteiger partial charge >= 0.3 is 6.09 Å². The zero-order valence-corrected chi connectivity index (χ0v) is 24.1. The second kappa shape index (κ2) is 13.7. The molecule has 0 fully saturated rings. The standard InChI is InChI=1S/C28H36FN7O5/c1-16(2)11-20-25-24(18(29)13-30-20)33-22(34-25)15-36-14-17(3)12-21(27(36)39)31-26(38)19(32-28(40)41-6)9-7-8-10-23(37)35(4)5/h8,10,12-14,16,19H,7,9,11,15H2,1-6H3,(H,31,38)(H,32,40)(H,33,34)/b10-8+. The summed E-state index contributed by atoms with van der Waals surface area (Å²) in [6.45, 7) is 5.81. The topological polar surface area (TPSA) is 151 Å². The van der Waals surface area contributed by atoms with Crippen LogP contribution in [0.1, 0.15) is 43.8 Å². The molecule has 1 atom stereocenters. The van der Waals surface area contributed by atoms with Crippen molar-refractivity contribution in [3.05, 3.63) is 63.9 Å². The molecule has 0 aromatic carbocycles. The molecular weight excluding hydrogens is 533 g/mol. The summed E-state index contributed by atoms with van der Waals surface area (Å²) >= 11 is 0. The fourth-order valence-corrected chi connectivity index (χ4v) is 4.12. The van der Waals surface area contributed by atoms with Crippen molar-refractivity contribution in [1.29, 1.82) is 0 Å². The molecule has 41 heavy (non-hydrogen) atoms. The molecule has 13 heteroatoms. The number of amides is 3. The first-order chi connectivity index (χ1) is 19.4. The van der Waals surface area contributed by atoms with Crippen molar-refractivity contribution in [2.24, 2.45) is 5.92 Å². The summed E-state index contributed by atoms with van der Waals surface area (Å²) in [6, 6.07) is 0.477. The molecule has 0 aliphatic rings. The number of fused-ring (bicyclic) bond motifs is 1. The molecule has 0 aliphatic carbocycles. The molecule has 0 radical (unpaired) electrons. The fraction of sp³-hybridized carbons (Fsp3) is 0.429. The van der Waals surface area contributed by atoms with Gasteiger partial charge in [-0.3, -0.25) is 19.4 Å². The second-order valence-electron chi connectivity index (χ2n) is 10.3. The molecule has 0 saturated heterocycles. The number of allylic oxidation sites excluding steroid dienone is 1. The molecule has 220 valence electrons.